The molecule has 0 saturated carbocycles. The van der Waals surface area contributed by atoms with Crippen LogP contribution in [0.5, 0.6) is 5.75 Å². The van der Waals surface area contributed by atoms with Gasteiger partial charge >= 0.3 is 5.97 Å². The second kappa shape index (κ2) is 11.3. The molecule has 0 aliphatic carbocycles. The summed E-state index contributed by atoms with van der Waals surface area (Å²) in [6.07, 6.45) is -0.182. The molecule has 166 valence electrons. The maximum absolute atomic E-state index is 13.0. The first-order chi connectivity index (χ1) is 14.9. The van der Waals surface area contributed by atoms with Gasteiger partial charge in [-0.1, -0.05) is 49.0 Å². The molecule has 0 aromatic heterocycles. The van der Waals surface area contributed by atoms with Crippen molar-refractivity contribution in [3.8, 4) is 5.75 Å². The molecule has 0 spiro atoms. The fourth-order valence-electron chi connectivity index (χ4n) is 3.28. The van der Waals surface area contributed by atoms with Crippen LogP contribution in [0.25, 0.3) is 0 Å². The van der Waals surface area contributed by atoms with Crippen molar-refractivity contribution in [1.82, 2.24) is 4.90 Å². The lowest BCUT2D eigenvalue weighted by Crippen LogP contribution is -2.65. The molecule has 0 aliphatic heterocycles. The highest BCUT2D eigenvalue weighted by Crippen LogP contribution is 2.27. The van der Waals surface area contributed by atoms with E-state index in [-0.39, 0.29) is 19.8 Å². The van der Waals surface area contributed by atoms with Crippen LogP contribution in [-0.4, -0.2) is 54.4 Å². The molecule has 1 amide bonds. The second-order valence-corrected chi connectivity index (χ2v) is 7.05. The smallest absolute Gasteiger partial charge is 0.336 e. The average Bonchev–Trinajstić information content (AvgIpc) is 2.80. The van der Waals surface area contributed by atoms with Crippen LogP contribution in [0.3, 0.4) is 0 Å². The van der Waals surface area contributed by atoms with Crippen LogP contribution < -0.4 is 4.74 Å². The van der Waals surface area contributed by atoms with E-state index >= 15 is 0 Å². The van der Waals surface area contributed by atoms with Crippen molar-refractivity contribution in [2.45, 2.75) is 31.7 Å². The number of aliphatic hydroxyl groups is 1. The standard InChI is InChI=1S/C24H29NO6/c1-5-22(27)25(15-19-11-13-21(29-3)14-12-19)24(18(2)26,23(28)30-4)17-31-16-20-9-7-6-8-10-20/h5-14,18,26H,1,15-17H2,2-4H3/t18-,24-/m1/s1. The van der Waals surface area contributed by atoms with Crippen LogP contribution in [0.4, 0.5) is 0 Å². The van der Waals surface area contributed by atoms with E-state index < -0.39 is 23.5 Å². The Hall–Kier alpha value is -3.16. The number of ether oxygens (including phenoxy) is 3. The largest absolute Gasteiger partial charge is 0.497 e. The first-order valence-corrected chi connectivity index (χ1v) is 9.84. The summed E-state index contributed by atoms with van der Waals surface area (Å²) in [5.41, 5.74) is -0.147. The van der Waals surface area contributed by atoms with Gasteiger partial charge < -0.3 is 24.2 Å². The number of rotatable bonds is 11. The third-order valence-corrected chi connectivity index (χ3v) is 5.09. The maximum Gasteiger partial charge on any atom is 0.336 e. The number of aliphatic hydroxyl groups excluding tert-OH is 1. The molecule has 0 aliphatic rings. The van der Waals surface area contributed by atoms with Gasteiger partial charge in [0.25, 0.3) is 0 Å². The summed E-state index contributed by atoms with van der Waals surface area (Å²) in [6.45, 7) is 4.95. The summed E-state index contributed by atoms with van der Waals surface area (Å²) in [5, 5.41) is 10.7. The third kappa shape index (κ3) is 5.71. The van der Waals surface area contributed by atoms with Gasteiger partial charge in [0.2, 0.25) is 5.91 Å². The van der Waals surface area contributed by atoms with E-state index in [1.807, 2.05) is 30.3 Å². The lowest BCUT2D eigenvalue weighted by molar-refractivity contribution is -0.177. The van der Waals surface area contributed by atoms with Gasteiger partial charge in [0.1, 0.15) is 5.75 Å². The van der Waals surface area contributed by atoms with Crippen LogP contribution in [0.1, 0.15) is 18.1 Å². The van der Waals surface area contributed by atoms with Crippen molar-refractivity contribution in [2.24, 2.45) is 0 Å². The molecular weight excluding hydrogens is 398 g/mol. The fourth-order valence-corrected chi connectivity index (χ4v) is 3.28. The van der Waals surface area contributed by atoms with Gasteiger partial charge in [0.05, 0.1) is 33.5 Å². The average molecular weight is 427 g/mol. The molecule has 0 saturated heterocycles. The van der Waals surface area contributed by atoms with E-state index in [1.165, 1.54) is 18.9 Å². The van der Waals surface area contributed by atoms with Crippen LogP contribution in [0, 0.1) is 0 Å². The van der Waals surface area contributed by atoms with Gasteiger partial charge in [-0.25, -0.2) is 4.79 Å². The van der Waals surface area contributed by atoms with Crippen molar-refractivity contribution < 1.29 is 28.9 Å². The normalized spacial score (nSPS) is 13.5. The third-order valence-electron chi connectivity index (χ3n) is 5.09. The zero-order valence-electron chi connectivity index (χ0n) is 18.1. The van der Waals surface area contributed by atoms with E-state index in [0.717, 1.165) is 17.2 Å². The lowest BCUT2D eigenvalue weighted by Gasteiger charge is -2.42. The number of hydrogen-bond acceptors (Lipinski definition) is 6. The molecule has 7 heteroatoms. The molecule has 0 heterocycles. The maximum atomic E-state index is 13.0. The molecule has 0 radical (unpaired) electrons. The van der Waals surface area contributed by atoms with Gasteiger partial charge in [-0.05, 0) is 36.3 Å². The minimum atomic E-state index is -1.77. The number of amides is 1. The first-order valence-electron chi connectivity index (χ1n) is 9.84. The number of benzene rings is 2. The Morgan fingerprint density at radius 3 is 2.26 bits per heavy atom. The molecule has 2 rings (SSSR count). The summed E-state index contributed by atoms with van der Waals surface area (Å²) in [6, 6.07) is 16.4. The van der Waals surface area contributed by atoms with Crippen LogP contribution in [0.15, 0.2) is 67.3 Å². The number of hydrogen-bond donors (Lipinski definition) is 1. The Labute approximate surface area is 182 Å². The summed E-state index contributed by atoms with van der Waals surface area (Å²) in [7, 11) is 2.77. The first kappa shape index (κ1) is 24.1. The molecule has 0 unspecified atom stereocenters. The molecule has 7 nitrogen and oxygen atoms in total. The zero-order valence-corrected chi connectivity index (χ0v) is 18.1. The molecule has 0 bridgehead atoms. The molecule has 31 heavy (non-hydrogen) atoms. The zero-order chi connectivity index (χ0) is 22.9. The number of carbonyl (C=O) groups excluding carboxylic acids is 2. The van der Waals surface area contributed by atoms with Crippen molar-refractivity contribution in [3.05, 3.63) is 78.4 Å². The van der Waals surface area contributed by atoms with Crippen molar-refractivity contribution in [2.75, 3.05) is 20.8 Å². The Morgan fingerprint density at radius 1 is 1.10 bits per heavy atom. The van der Waals surface area contributed by atoms with Crippen molar-refractivity contribution in [1.29, 1.82) is 0 Å². The van der Waals surface area contributed by atoms with E-state index in [1.54, 1.807) is 31.4 Å². The van der Waals surface area contributed by atoms with Crippen LogP contribution in [0.2, 0.25) is 0 Å². The van der Waals surface area contributed by atoms with Gasteiger partial charge in [-0.2, -0.15) is 0 Å². The Morgan fingerprint density at radius 2 is 1.74 bits per heavy atom. The Balaban J connectivity index is 2.39. The van der Waals surface area contributed by atoms with Gasteiger partial charge in [0.15, 0.2) is 5.54 Å². The van der Waals surface area contributed by atoms with E-state index in [0.29, 0.717) is 5.75 Å². The number of carbonyl (C=O) groups is 2. The summed E-state index contributed by atoms with van der Waals surface area (Å²) in [5.74, 6) is -0.656. The van der Waals surface area contributed by atoms with Gasteiger partial charge in [-0.3, -0.25) is 4.79 Å². The van der Waals surface area contributed by atoms with Gasteiger partial charge in [0, 0.05) is 6.54 Å². The van der Waals surface area contributed by atoms with E-state index in [4.69, 9.17) is 14.2 Å². The Bertz CT molecular complexity index is 865. The fraction of sp³-hybridized carbons (Fsp3) is 0.333. The number of esters is 1. The van der Waals surface area contributed by atoms with Crippen LogP contribution in [-0.2, 0) is 32.2 Å². The van der Waals surface area contributed by atoms with Crippen LogP contribution >= 0.6 is 0 Å². The van der Waals surface area contributed by atoms with Crippen molar-refractivity contribution in [3.63, 3.8) is 0 Å². The van der Waals surface area contributed by atoms with Crippen molar-refractivity contribution >= 4 is 11.9 Å². The summed E-state index contributed by atoms with van der Waals surface area (Å²) < 4.78 is 16.0. The molecular formula is C24H29NO6. The number of nitrogens with zero attached hydrogens (tertiary/aromatic N) is 1. The topological polar surface area (TPSA) is 85.3 Å². The quantitative estimate of drug-likeness (QED) is 0.438. The lowest BCUT2D eigenvalue weighted by atomic mass is 9.90. The second-order valence-electron chi connectivity index (χ2n) is 7.05. The minimum Gasteiger partial charge on any atom is -0.497 e. The molecule has 2 atom stereocenters. The molecule has 2 aromatic rings. The van der Waals surface area contributed by atoms with E-state index in [2.05, 4.69) is 6.58 Å². The molecule has 0 fully saturated rings. The minimum absolute atomic E-state index is 0.0313. The monoisotopic (exact) mass is 427 g/mol. The Kier molecular flexibility index (Phi) is 8.78. The highest BCUT2D eigenvalue weighted by molar-refractivity contribution is 5.94. The molecule has 2 aromatic carbocycles. The highest BCUT2D eigenvalue weighted by Gasteiger charge is 2.51. The SMILES string of the molecule is C=CC(=O)N(Cc1ccc(OC)cc1)[C@@](COCc1ccccc1)(C(=O)OC)[C@@H](C)O. The predicted molar refractivity (Wildman–Crippen MR) is 116 cm³/mol. The van der Waals surface area contributed by atoms with E-state index in [9.17, 15) is 14.7 Å². The summed E-state index contributed by atoms with van der Waals surface area (Å²) in [4.78, 5) is 27.1. The highest BCUT2D eigenvalue weighted by atomic mass is 16.5. The predicted octanol–water partition coefficient (Wildman–Crippen LogP) is 2.72. The summed E-state index contributed by atoms with van der Waals surface area (Å²) >= 11 is 0. The number of methoxy groups -OCH3 is 2. The molecule has 1 N–H and O–H groups in total. The van der Waals surface area contributed by atoms with Gasteiger partial charge in [-0.15, -0.1) is 0 Å².